The van der Waals surface area contributed by atoms with Gasteiger partial charge in [0.2, 0.25) is 0 Å². The average Bonchev–Trinajstić information content (AvgIpc) is 3.16. The van der Waals surface area contributed by atoms with Gasteiger partial charge in [-0.25, -0.2) is 0 Å². The van der Waals surface area contributed by atoms with Crippen molar-refractivity contribution < 1.29 is 0 Å². The fourth-order valence-electron chi connectivity index (χ4n) is 8.67. The lowest BCUT2D eigenvalue weighted by Gasteiger charge is -2.49. The van der Waals surface area contributed by atoms with Crippen LogP contribution in [0.3, 0.4) is 0 Å². The number of nitrogens with zero attached hydrogens (tertiary/aromatic N) is 3. The summed E-state index contributed by atoms with van der Waals surface area (Å²) in [4.78, 5) is 7.53. The zero-order valence-electron chi connectivity index (χ0n) is 26.1. The van der Waals surface area contributed by atoms with Crippen LogP contribution >= 0.6 is 0 Å². The number of hydrogen-bond acceptors (Lipinski definition) is 3. The van der Waals surface area contributed by atoms with E-state index in [1.165, 1.54) is 72.1 Å². The molecule has 0 fully saturated rings. The topological polar surface area (TPSA) is 9.72 Å². The van der Waals surface area contributed by atoms with E-state index < -0.39 is 0 Å². The van der Waals surface area contributed by atoms with Gasteiger partial charge in [-0.05, 0) is 99.3 Å². The molecule has 0 spiro atoms. The van der Waals surface area contributed by atoms with Gasteiger partial charge >= 0.3 is 0 Å². The van der Waals surface area contributed by atoms with E-state index in [0.29, 0.717) is 0 Å². The second-order valence-corrected chi connectivity index (χ2v) is 12.9. The van der Waals surface area contributed by atoms with Crippen molar-refractivity contribution >= 4 is 95.8 Å². The van der Waals surface area contributed by atoms with Gasteiger partial charge in [0.1, 0.15) is 0 Å². The number of para-hydroxylation sites is 3. The van der Waals surface area contributed by atoms with Gasteiger partial charge in [0.05, 0.1) is 5.69 Å². The molecule has 0 aliphatic carbocycles. The minimum absolute atomic E-state index is 0.0724. The summed E-state index contributed by atoms with van der Waals surface area (Å²) in [6.45, 7) is 0.0724. The maximum Gasteiger partial charge on any atom is 0.257 e. The van der Waals surface area contributed by atoms with Crippen LogP contribution in [0.25, 0.3) is 21.5 Å². The average molecular weight is 610 g/mol. The van der Waals surface area contributed by atoms with Crippen LogP contribution < -0.4 is 31.1 Å². The van der Waals surface area contributed by atoms with Crippen LogP contribution in [0.15, 0.2) is 170 Å². The Hall–Kier alpha value is -6.26. The molecule has 11 rings (SSSR count). The monoisotopic (exact) mass is 609 g/mol. The predicted octanol–water partition coefficient (Wildman–Crippen LogP) is 9.86. The molecular weight excluding hydrogens is 581 g/mol. The lowest BCUT2D eigenvalue weighted by atomic mass is 9.31. The third kappa shape index (κ3) is 3.34. The number of benzene rings is 8. The van der Waals surface area contributed by atoms with Gasteiger partial charge in [-0.3, -0.25) is 0 Å². The first-order valence-corrected chi connectivity index (χ1v) is 16.7. The van der Waals surface area contributed by atoms with Gasteiger partial charge in [0.15, 0.2) is 0 Å². The van der Waals surface area contributed by atoms with E-state index in [9.17, 15) is 0 Å². The van der Waals surface area contributed by atoms with Crippen LogP contribution in [0.5, 0.6) is 0 Å². The standard InChI is InChI=1S/C44H28BN3/c1-4-15-30(16-5-1)46-36-22-12-24-38-41(36)45-42-37(46)23-13-25-39(42)48(32-19-8-3-9-20-32)44-34-27-26-29-14-10-11-21-33(29)35(34)28-40(43(44)45)47(38)31-17-6-2-7-18-31/h1-28H. The third-order valence-electron chi connectivity index (χ3n) is 10.5. The van der Waals surface area contributed by atoms with E-state index in [1.807, 2.05) is 0 Å². The highest BCUT2D eigenvalue weighted by Gasteiger charge is 2.49. The first-order chi connectivity index (χ1) is 23.9. The van der Waals surface area contributed by atoms with Crippen molar-refractivity contribution in [3.63, 3.8) is 0 Å². The molecule has 3 aliphatic heterocycles. The molecule has 48 heavy (non-hydrogen) atoms. The SMILES string of the molecule is c1ccc(N2c3cccc4c3B3c5c2cccc5N(c2ccccc2)c2c3c(cc3c2ccc2ccccc23)N4c2ccccc2)cc1. The van der Waals surface area contributed by atoms with Crippen molar-refractivity contribution in [1.82, 2.24) is 0 Å². The summed E-state index contributed by atoms with van der Waals surface area (Å²) in [5.74, 6) is 0. The van der Waals surface area contributed by atoms with Gasteiger partial charge in [0, 0.05) is 50.9 Å². The summed E-state index contributed by atoms with van der Waals surface area (Å²) in [6.07, 6.45) is 0. The summed E-state index contributed by atoms with van der Waals surface area (Å²) in [5.41, 5.74) is 15.0. The summed E-state index contributed by atoms with van der Waals surface area (Å²) >= 11 is 0. The molecule has 0 amide bonds. The van der Waals surface area contributed by atoms with Crippen molar-refractivity contribution in [2.24, 2.45) is 0 Å². The van der Waals surface area contributed by atoms with Crippen LogP contribution in [-0.4, -0.2) is 6.71 Å². The smallest absolute Gasteiger partial charge is 0.257 e. The summed E-state index contributed by atoms with van der Waals surface area (Å²) < 4.78 is 0. The van der Waals surface area contributed by atoms with Crippen molar-refractivity contribution in [1.29, 1.82) is 0 Å². The van der Waals surface area contributed by atoms with Crippen LogP contribution in [-0.2, 0) is 0 Å². The van der Waals surface area contributed by atoms with Crippen LogP contribution in [0.1, 0.15) is 0 Å². The molecule has 8 aromatic rings. The van der Waals surface area contributed by atoms with Crippen LogP contribution in [0.2, 0.25) is 0 Å². The third-order valence-corrected chi connectivity index (χ3v) is 10.5. The lowest BCUT2D eigenvalue weighted by Crippen LogP contribution is -2.64. The Morgan fingerprint density at radius 3 is 1.38 bits per heavy atom. The van der Waals surface area contributed by atoms with Gasteiger partial charge in [-0.15, -0.1) is 0 Å². The summed E-state index contributed by atoms with van der Waals surface area (Å²) in [7, 11) is 0. The Labute approximate surface area is 279 Å². The van der Waals surface area contributed by atoms with Gasteiger partial charge < -0.3 is 14.7 Å². The molecule has 0 saturated heterocycles. The highest BCUT2D eigenvalue weighted by molar-refractivity contribution is 7.03. The molecule has 0 saturated carbocycles. The Bertz CT molecular complexity index is 2570. The lowest BCUT2D eigenvalue weighted by molar-refractivity contribution is 1.23. The Morgan fingerprint density at radius 1 is 0.312 bits per heavy atom. The van der Waals surface area contributed by atoms with Crippen molar-refractivity contribution in [3.8, 4) is 0 Å². The molecule has 3 heterocycles. The Kier molecular flexibility index (Phi) is 5.19. The van der Waals surface area contributed by atoms with Crippen molar-refractivity contribution in [2.45, 2.75) is 0 Å². The van der Waals surface area contributed by atoms with Gasteiger partial charge in [-0.1, -0.05) is 103 Å². The first kappa shape index (κ1) is 25.9. The zero-order valence-corrected chi connectivity index (χ0v) is 26.1. The quantitative estimate of drug-likeness (QED) is 0.146. The van der Waals surface area contributed by atoms with E-state index in [4.69, 9.17) is 0 Å². The minimum atomic E-state index is 0.0724. The molecule has 8 aromatic carbocycles. The van der Waals surface area contributed by atoms with Crippen LogP contribution in [0, 0.1) is 0 Å². The molecule has 0 aromatic heterocycles. The van der Waals surface area contributed by atoms with E-state index >= 15 is 0 Å². The second-order valence-electron chi connectivity index (χ2n) is 12.9. The normalized spacial score (nSPS) is 13.7. The van der Waals surface area contributed by atoms with E-state index in [0.717, 1.165) is 17.1 Å². The maximum absolute atomic E-state index is 2.54. The number of hydrogen-bond donors (Lipinski definition) is 0. The second kappa shape index (κ2) is 9.63. The zero-order chi connectivity index (χ0) is 31.3. The molecule has 0 unspecified atom stereocenters. The molecule has 4 heteroatoms. The van der Waals surface area contributed by atoms with Crippen molar-refractivity contribution in [2.75, 3.05) is 14.7 Å². The molecule has 3 nitrogen and oxygen atoms in total. The molecule has 0 radical (unpaired) electrons. The fourth-order valence-corrected chi connectivity index (χ4v) is 8.67. The molecule has 3 aliphatic rings. The van der Waals surface area contributed by atoms with Crippen LogP contribution in [0.4, 0.5) is 51.2 Å². The summed E-state index contributed by atoms with van der Waals surface area (Å²) in [6, 6.07) is 62.3. The highest BCUT2D eigenvalue weighted by atomic mass is 15.2. The number of rotatable bonds is 3. The minimum Gasteiger partial charge on any atom is -0.311 e. The van der Waals surface area contributed by atoms with E-state index in [1.54, 1.807) is 0 Å². The molecule has 0 atom stereocenters. The summed E-state index contributed by atoms with van der Waals surface area (Å²) in [5, 5.41) is 5.06. The van der Waals surface area contributed by atoms with Crippen molar-refractivity contribution in [3.05, 3.63) is 170 Å². The molecule has 222 valence electrons. The predicted molar refractivity (Wildman–Crippen MR) is 204 cm³/mol. The van der Waals surface area contributed by atoms with E-state index in [2.05, 4.69) is 185 Å². The maximum atomic E-state index is 2.54. The number of fused-ring (bicyclic) bond motifs is 4. The fraction of sp³-hybridized carbons (Fsp3) is 0. The first-order valence-electron chi connectivity index (χ1n) is 16.7. The van der Waals surface area contributed by atoms with Gasteiger partial charge in [-0.2, -0.15) is 0 Å². The Balaban J connectivity index is 1.36. The molecule has 0 bridgehead atoms. The van der Waals surface area contributed by atoms with E-state index in [-0.39, 0.29) is 6.71 Å². The largest absolute Gasteiger partial charge is 0.311 e. The molecule has 0 N–H and O–H groups in total. The highest BCUT2D eigenvalue weighted by Crippen LogP contribution is 2.52. The molecular formula is C44H28BN3. The number of anilines is 9. The Morgan fingerprint density at radius 2 is 0.792 bits per heavy atom. The van der Waals surface area contributed by atoms with Gasteiger partial charge in [0.25, 0.3) is 6.71 Å².